The fourth-order valence-electron chi connectivity index (χ4n) is 3.57. The molecule has 0 spiro atoms. The van der Waals surface area contributed by atoms with E-state index in [-0.39, 0.29) is 17.3 Å². The molecule has 0 fully saturated rings. The molecule has 28 heavy (non-hydrogen) atoms. The lowest BCUT2D eigenvalue weighted by molar-refractivity contribution is 0.608. The fraction of sp³-hybridized carbons (Fsp3) is 0.167. The van der Waals surface area contributed by atoms with Gasteiger partial charge in [-0.1, -0.05) is 0 Å². The van der Waals surface area contributed by atoms with Gasteiger partial charge in [0.15, 0.2) is 17.3 Å². The van der Waals surface area contributed by atoms with Crippen LogP contribution < -0.4 is 10.6 Å². The van der Waals surface area contributed by atoms with Crippen molar-refractivity contribution in [3.05, 3.63) is 65.5 Å². The van der Waals surface area contributed by atoms with Crippen LogP contribution in [0.5, 0.6) is 0 Å². The summed E-state index contributed by atoms with van der Waals surface area (Å²) in [5, 5.41) is 13.6. The van der Waals surface area contributed by atoms with E-state index >= 15 is 0 Å². The zero-order chi connectivity index (χ0) is 19.3. The number of fused-ring (bicyclic) bond motifs is 2. The molecule has 1 atom stereocenters. The van der Waals surface area contributed by atoms with Crippen molar-refractivity contribution >= 4 is 17.2 Å². The molecule has 1 aliphatic heterocycles. The van der Waals surface area contributed by atoms with Crippen molar-refractivity contribution in [3.63, 3.8) is 0 Å². The summed E-state index contributed by atoms with van der Waals surface area (Å²) >= 11 is 0. The molecule has 0 radical (unpaired) electrons. The van der Waals surface area contributed by atoms with Crippen LogP contribution in [-0.2, 0) is 6.42 Å². The number of H-pyrrole nitrogens is 1. The maximum Gasteiger partial charge on any atom is 0.182 e. The first-order valence-electron chi connectivity index (χ1n) is 8.61. The second-order valence-electron chi connectivity index (χ2n) is 6.44. The van der Waals surface area contributed by atoms with E-state index in [9.17, 15) is 4.39 Å². The summed E-state index contributed by atoms with van der Waals surface area (Å²) in [6.07, 6.45) is 5.56. The van der Waals surface area contributed by atoms with E-state index in [2.05, 4.69) is 25.0 Å². The number of imidazole rings is 1. The minimum absolute atomic E-state index is 0.0626. The highest BCUT2D eigenvalue weighted by molar-refractivity contribution is 5.56. The Labute approximate surface area is 158 Å². The van der Waals surface area contributed by atoms with Crippen LogP contribution >= 0.6 is 0 Å². The first kappa shape index (κ1) is 16.2. The number of halogens is 1. The van der Waals surface area contributed by atoms with E-state index in [0.29, 0.717) is 23.6 Å². The van der Waals surface area contributed by atoms with Crippen LogP contribution in [-0.4, -0.2) is 36.1 Å². The highest BCUT2D eigenvalue weighted by Crippen LogP contribution is 2.36. The van der Waals surface area contributed by atoms with Gasteiger partial charge in [-0.15, -0.1) is 0 Å². The Kier molecular flexibility index (Phi) is 3.48. The van der Waals surface area contributed by atoms with Crippen molar-refractivity contribution in [3.8, 4) is 6.07 Å². The van der Waals surface area contributed by atoms with Crippen LogP contribution in [0.15, 0.2) is 36.9 Å². The third-order valence-electron chi connectivity index (χ3n) is 4.86. The highest BCUT2D eigenvalue weighted by atomic mass is 19.1. The van der Waals surface area contributed by atoms with Gasteiger partial charge < -0.3 is 15.6 Å². The summed E-state index contributed by atoms with van der Waals surface area (Å²) in [6.45, 7) is 0.607. The summed E-state index contributed by atoms with van der Waals surface area (Å²) < 4.78 is 15.7. The molecule has 4 aromatic heterocycles. The van der Waals surface area contributed by atoms with E-state index in [1.54, 1.807) is 24.7 Å². The van der Waals surface area contributed by atoms with Gasteiger partial charge in [-0.3, -0.25) is 0 Å². The van der Waals surface area contributed by atoms with Crippen molar-refractivity contribution in [2.24, 2.45) is 0 Å². The van der Waals surface area contributed by atoms with Crippen molar-refractivity contribution in [1.82, 2.24) is 29.5 Å². The predicted octanol–water partition coefficient (Wildman–Crippen LogP) is 1.59. The van der Waals surface area contributed by atoms with E-state index < -0.39 is 6.04 Å². The number of rotatable bonds is 2. The maximum atomic E-state index is 14.2. The number of nitrogen functional groups attached to an aromatic ring is 1. The quantitative estimate of drug-likeness (QED) is 0.545. The molecular weight excluding hydrogens is 361 g/mol. The second kappa shape index (κ2) is 6.02. The summed E-state index contributed by atoms with van der Waals surface area (Å²) in [4.78, 5) is 18.0. The molecule has 0 amide bonds. The lowest BCUT2D eigenvalue weighted by Crippen LogP contribution is -2.37. The first-order valence-corrected chi connectivity index (χ1v) is 8.61. The topological polar surface area (TPSA) is 125 Å². The Balaban J connectivity index is 1.67. The number of pyridine rings is 1. The number of aromatic amines is 1. The average Bonchev–Trinajstić information content (AvgIpc) is 3.34. The average molecular weight is 375 g/mol. The van der Waals surface area contributed by atoms with E-state index in [1.165, 1.54) is 16.8 Å². The van der Waals surface area contributed by atoms with Crippen molar-refractivity contribution in [2.45, 2.75) is 12.5 Å². The van der Waals surface area contributed by atoms with Crippen LogP contribution in [0, 0.1) is 17.1 Å². The molecule has 1 aliphatic rings. The minimum Gasteiger partial charge on any atom is -0.381 e. The highest BCUT2D eigenvalue weighted by Gasteiger charge is 2.34. The number of nitriles is 1. The Morgan fingerprint density at radius 3 is 3.04 bits per heavy atom. The molecular formula is C18H14FN9. The normalized spacial score (nSPS) is 16.1. The van der Waals surface area contributed by atoms with Crippen LogP contribution in [0.3, 0.4) is 0 Å². The number of aromatic nitrogens is 6. The largest absolute Gasteiger partial charge is 0.381 e. The third kappa shape index (κ3) is 2.37. The maximum absolute atomic E-state index is 14.2. The van der Waals surface area contributed by atoms with Crippen LogP contribution in [0.4, 0.5) is 16.0 Å². The number of hydrogen-bond acceptors (Lipinski definition) is 7. The van der Waals surface area contributed by atoms with Gasteiger partial charge >= 0.3 is 0 Å². The molecule has 9 nitrogen and oxygen atoms in total. The molecule has 138 valence electrons. The SMILES string of the molecule is N#Cc1ncc(N2CCc3[nH]cnc3[C@@H]2c2cc3c(F)cccn3n2)nc1N. The molecule has 3 N–H and O–H groups in total. The Morgan fingerprint density at radius 1 is 1.36 bits per heavy atom. The van der Waals surface area contributed by atoms with Crippen molar-refractivity contribution < 1.29 is 4.39 Å². The van der Waals surface area contributed by atoms with Crippen LogP contribution in [0.2, 0.25) is 0 Å². The molecule has 0 unspecified atom stereocenters. The Hall–Kier alpha value is -4.00. The first-order chi connectivity index (χ1) is 13.7. The van der Waals surface area contributed by atoms with Gasteiger partial charge in [0, 0.05) is 24.9 Å². The molecule has 0 aliphatic carbocycles. The molecule has 5 rings (SSSR count). The van der Waals surface area contributed by atoms with Gasteiger partial charge in [0.25, 0.3) is 0 Å². The zero-order valence-corrected chi connectivity index (χ0v) is 14.5. The number of anilines is 2. The Morgan fingerprint density at radius 2 is 2.25 bits per heavy atom. The fourth-order valence-corrected chi connectivity index (χ4v) is 3.57. The van der Waals surface area contributed by atoms with Crippen LogP contribution in [0.25, 0.3) is 5.52 Å². The molecule has 5 heterocycles. The van der Waals surface area contributed by atoms with Crippen molar-refractivity contribution in [2.75, 3.05) is 17.2 Å². The molecule has 0 bridgehead atoms. The number of hydrogen-bond donors (Lipinski definition) is 2. The summed E-state index contributed by atoms with van der Waals surface area (Å²) in [7, 11) is 0. The zero-order valence-electron chi connectivity index (χ0n) is 14.5. The smallest absolute Gasteiger partial charge is 0.182 e. The third-order valence-corrected chi connectivity index (χ3v) is 4.86. The lowest BCUT2D eigenvalue weighted by atomic mass is 10.00. The summed E-state index contributed by atoms with van der Waals surface area (Å²) in [6, 6.07) is 6.22. The molecule has 0 saturated carbocycles. The van der Waals surface area contributed by atoms with Crippen molar-refractivity contribution in [1.29, 1.82) is 5.26 Å². The van der Waals surface area contributed by atoms with E-state index in [0.717, 1.165) is 17.8 Å². The number of nitrogens with zero attached hydrogens (tertiary/aromatic N) is 7. The number of nitrogens with one attached hydrogen (secondary N) is 1. The van der Waals surface area contributed by atoms with E-state index in [4.69, 9.17) is 11.0 Å². The summed E-state index contributed by atoms with van der Waals surface area (Å²) in [5.41, 5.74) is 8.73. The standard InChI is InChI=1S/C18H14FN9/c19-10-2-1-4-28-14(10)6-12(26-28)17-16-11(23-9-24-16)3-5-27(17)15-8-22-13(7-20)18(21)25-15/h1-2,4,6,8-9,17H,3,5H2,(H2,21,25)(H,23,24)/t17-/m0/s1. The monoisotopic (exact) mass is 375 g/mol. The van der Waals surface area contributed by atoms with E-state index in [1.807, 2.05) is 11.0 Å². The van der Waals surface area contributed by atoms with Gasteiger partial charge in [-0.25, -0.2) is 23.9 Å². The molecule has 0 aromatic carbocycles. The van der Waals surface area contributed by atoms with Gasteiger partial charge in [0.1, 0.15) is 23.4 Å². The second-order valence-corrected chi connectivity index (χ2v) is 6.44. The van der Waals surface area contributed by atoms with Gasteiger partial charge in [-0.2, -0.15) is 10.4 Å². The lowest BCUT2D eigenvalue weighted by Gasteiger charge is -2.34. The molecule has 4 aromatic rings. The molecule has 10 heteroatoms. The minimum atomic E-state index is -0.393. The van der Waals surface area contributed by atoms with Crippen LogP contribution in [0.1, 0.15) is 28.8 Å². The van der Waals surface area contributed by atoms with Gasteiger partial charge in [-0.05, 0) is 18.2 Å². The van der Waals surface area contributed by atoms with Gasteiger partial charge in [0.2, 0.25) is 0 Å². The van der Waals surface area contributed by atoms with Gasteiger partial charge in [0.05, 0.1) is 23.9 Å². The molecule has 0 saturated heterocycles. The summed E-state index contributed by atoms with van der Waals surface area (Å²) in [5.74, 6) is 0.216. The number of nitrogens with two attached hydrogens (primary N) is 1. The predicted molar refractivity (Wildman–Crippen MR) is 97.8 cm³/mol. The Bertz CT molecular complexity index is 1240.